The second-order valence-corrected chi connectivity index (χ2v) is 4.90. The van der Waals surface area contributed by atoms with E-state index in [0.29, 0.717) is 0 Å². The molecule has 1 saturated heterocycles. The zero-order valence-corrected chi connectivity index (χ0v) is 9.95. The summed E-state index contributed by atoms with van der Waals surface area (Å²) in [5.74, 6) is 0.313. The SMILES string of the molecule is CC(C)C(C)[C@@H]1OC(CO)[C@@H](O)C(O)C1O. The number of rotatable bonds is 3. The van der Waals surface area contributed by atoms with Crippen LogP contribution in [0.1, 0.15) is 20.8 Å². The molecule has 4 N–H and O–H groups in total. The molecule has 1 heterocycles. The molecule has 0 aliphatic carbocycles. The van der Waals surface area contributed by atoms with Crippen molar-refractivity contribution >= 4 is 0 Å². The van der Waals surface area contributed by atoms with Crippen LogP contribution in [0.15, 0.2) is 0 Å². The molecular formula is C11H22O5. The lowest BCUT2D eigenvalue weighted by Gasteiger charge is -2.43. The first-order chi connectivity index (χ1) is 7.40. The topological polar surface area (TPSA) is 90.2 Å². The molecule has 0 aromatic heterocycles. The molecule has 1 fully saturated rings. The Hall–Kier alpha value is -0.200. The predicted molar refractivity (Wildman–Crippen MR) is 57.8 cm³/mol. The molecular weight excluding hydrogens is 212 g/mol. The van der Waals surface area contributed by atoms with Crippen LogP contribution in [-0.4, -0.2) is 57.6 Å². The summed E-state index contributed by atoms with van der Waals surface area (Å²) in [6.45, 7) is 5.53. The van der Waals surface area contributed by atoms with Crippen molar-refractivity contribution in [3.05, 3.63) is 0 Å². The van der Waals surface area contributed by atoms with E-state index in [0.717, 1.165) is 0 Å². The first-order valence-electron chi connectivity index (χ1n) is 5.70. The third kappa shape index (κ3) is 2.55. The lowest BCUT2D eigenvalue weighted by molar-refractivity contribution is -0.242. The fourth-order valence-corrected chi connectivity index (χ4v) is 1.94. The monoisotopic (exact) mass is 234 g/mol. The largest absolute Gasteiger partial charge is 0.394 e. The van der Waals surface area contributed by atoms with Gasteiger partial charge in [-0.1, -0.05) is 20.8 Å². The van der Waals surface area contributed by atoms with Gasteiger partial charge in [0.15, 0.2) is 0 Å². The molecule has 0 saturated carbocycles. The van der Waals surface area contributed by atoms with Crippen molar-refractivity contribution < 1.29 is 25.2 Å². The van der Waals surface area contributed by atoms with Gasteiger partial charge in [-0.15, -0.1) is 0 Å². The van der Waals surface area contributed by atoms with Gasteiger partial charge in [0.1, 0.15) is 24.4 Å². The maximum absolute atomic E-state index is 9.82. The van der Waals surface area contributed by atoms with Gasteiger partial charge in [0.05, 0.1) is 12.7 Å². The standard InChI is InChI=1S/C11H22O5/c1-5(2)6(3)11-10(15)9(14)8(13)7(4-12)16-11/h5-15H,4H2,1-3H3/t6?,7?,8-,9?,10?,11+/m1/s1. The fraction of sp³-hybridized carbons (Fsp3) is 1.00. The average molecular weight is 234 g/mol. The van der Waals surface area contributed by atoms with Gasteiger partial charge in [0.25, 0.3) is 0 Å². The van der Waals surface area contributed by atoms with Crippen LogP contribution in [0.4, 0.5) is 0 Å². The van der Waals surface area contributed by atoms with Crippen molar-refractivity contribution in [1.29, 1.82) is 0 Å². The van der Waals surface area contributed by atoms with Crippen LogP contribution in [-0.2, 0) is 4.74 Å². The van der Waals surface area contributed by atoms with Crippen molar-refractivity contribution in [3.63, 3.8) is 0 Å². The molecule has 0 amide bonds. The zero-order chi connectivity index (χ0) is 12.5. The number of hydrogen-bond acceptors (Lipinski definition) is 5. The normalized spacial score (nSPS) is 42.4. The van der Waals surface area contributed by atoms with E-state index < -0.39 is 30.5 Å². The highest BCUT2D eigenvalue weighted by atomic mass is 16.5. The molecule has 1 rings (SSSR count). The van der Waals surface area contributed by atoms with E-state index in [4.69, 9.17) is 9.84 Å². The van der Waals surface area contributed by atoms with Gasteiger partial charge in [-0.05, 0) is 11.8 Å². The lowest BCUT2D eigenvalue weighted by Crippen LogP contribution is -2.60. The summed E-state index contributed by atoms with van der Waals surface area (Å²) in [5.41, 5.74) is 0. The zero-order valence-electron chi connectivity index (χ0n) is 9.95. The Morgan fingerprint density at radius 2 is 1.56 bits per heavy atom. The summed E-state index contributed by atoms with van der Waals surface area (Å²) in [7, 11) is 0. The Morgan fingerprint density at radius 1 is 1.00 bits per heavy atom. The first-order valence-corrected chi connectivity index (χ1v) is 5.70. The second kappa shape index (κ2) is 5.42. The van der Waals surface area contributed by atoms with E-state index in [9.17, 15) is 15.3 Å². The number of aliphatic hydroxyl groups is 4. The van der Waals surface area contributed by atoms with E-state index in [1.54, 1.807) is 0 Å². The number of hydrogen-bond donors (Lipinski definition) is 4. The first kappa shape index (κ1) is 13.9. The highest BCUT2D eigenvalue weighted by Crippen LogP contribution is 2.29. The smallest absolute Gasteiger partial charge is 0.111 e. The van der Waals surface area contributed by atoms with Crippen molar-refractivity contribution in [1.82, 2.24) is 0 Å². The van der Waals surface area contributed by atoms with E-state index in [1.165, 1.54) is 0 Å². The van der Waals surface area contributed by atoms with Crippen LogP contribution in [0, 0.1) is 11.8 Å². The third-order valence-corrected chi connectivity index (χ3v) is 3.50. The molecule has 16 heavy (non-hydrogen) atoms. The fourth-order valence-electron chi connectivity index (χ4n) is 1.94. The molecule has 1 aliphatic heterocycles. The van der Waals surface area contributed by atoms with Gasteiger partial charge in [-0.25, -0.2) is 0 Å². The summed E-state index contributed by atoms with van der Waals surface area (Å²) in [4.78, 5) is 0. The van der Waals surface area contributed by atoms with Gasteiger partial charge >= 0.3 is 0 Å². The van der Waals surface area contributed by atoms with Gasteiger partial charge in [0, 0.05) is 0 Å². The van der Waals surface area contributed by atoms with Crippen LogP contribution in [0.5, 0.6) is 0 Å². The van der Waals surface area contributed by atoms with E-state index >= 15 is 0 Å². The van der Waals surface area contributed by atoms with Crippen molar-refractivity contribution in [2.45, 2.75) is 51.3 Å². The van der Waals surface area contributed by atoms with Gasteiger partial charge in [-0.3, -0.25) is 0 Å². The van der Waals surface area contributed by atoms with Crippen LogP contribution in [0.25, 0.3) is 0 Å². The minimum absolute atomic E-state index is 0.0335. The van der Waals surface area contributed by atoms with E-state index in [2.05, 4.69) is 0 Å². The van der Waals surface area contributed by atoms with Gasteiger partial charge in [0.2, 0.25) is 0 Å². The molecule has 4 unspecified atom stereocenters. The molecule has 1 aliphatic rings. The summed E-state index contributed by atoms with van der Waals surface area (Å²) in [6.07, 6.45) is -5.01. The molecule has 0 aromatic carbocycles. The maximum atomic E-state index is 9.82. The Labute approximate surface area is 95.7 Å². The number of aliphatic hydroxyl groups excluding tert-OH is 4. The van der Waals surface area contributed by atoms with E-state index in [1.807, 2.05) is 20.8 Å². The summed E-state index contributed by atoms with van der Waals surface area (Å²) in [5, 5.41) is 38.1. The quantitative estimate of drug-likeness (QED) is 0.509. The van der Waals surface area contributed by atoms with Crippen LogP contribution in [0.2, 0.25) is 0 Å². The molecule has 5 nitrogen and oxygen atoms in total. The molecule has 0 aromatic rings. The molecule has 0 radical (unpaired) electrons. The Balaban J connectivity index is 2.78. The Kier molecular flexibility index (Phi) is 4.70. The predicted octanol–water partition coefficient (Wildman–Crippen LogP) is -0.879. The van der Waals surface area contributed by atoms with Crippen molar-refractivity contribution in [2.24, 2.45) is 11.8 Å². The van der Waals surface area contributed by atoms with Crippen molar-refractivity contribution in [3.8, 4) is 0 Å². The van der Waals surface area contributed by atoms with Gasteiger partial charge in [-0.2, -0.15) is 0 Å². The Bertz CT molecular complexity index is 218. The molecule has 96 valence electrons. The van der Waals surface area contributed by atoms with Crippen molar-refractivity contribution in [2.75, 3.05) is 6.61 Å². The molecule has 5 heteroatoms. The molecule has 0 spiro atoms. The minimum Gasteiger partial charge on any atom is -0.394 e. The third-order valence-electron chi connectivity index (χ3n) is 3.50. The van der Waals surface area contributed by atoms with Crippen LogP contribution < -0.4 is 0 Å². The minimum atomic E-state index is -1.27. The Morgan fingerprint density at radius 3 is 2.00 bits per heavy atom. The highest BCUT2D eigenvalue weighted by Gasteiger charge is 2.45. The van der Waals surface area contributed by atoms with E-state index in [-0.39, 0.29) is 18.4 Å². The maximum Gasteiger partial charge on any atom is 0.111 e. The lowest BCUT2D eigenvalue weighted by atomic mass is 9.83. The van der Waals surface area contributed by atoms with Crippen LogP contribution in [0.3, 0.4) is 0 Å². The summed E-state index contributed by atoms with van der Waals surface area (Å²) in [6, 6.07) is 0. The highest BCUT2D eigenvalue weighted by molar-refractivity contribution is 4.94. The second-order valence-electron chi connectivity index (χ2n) is 4.90. The molecule has 0 bridgehead atoms. The average Bonchev–Trinajstić information content (AvgIpc) is 2.25. The molecule has 6 atom stereocenters. The van der Waals surface area contributed by atoms with Gasteiger partial charge < -0.3 is 25.2 Å². The number of ether oxygens (including phenoxy) is 1. The van der Waals surface area contributed by atoms with Crippen LogP contribution >= 0.6 is 0 Å². The summed E-state index contributed by atoms with van der Waals surface area (Å²) >= 11 is 0. The summed E-state index contributed by atoms with van der Waals surface area (Å²) < 4.78 is 5.44.